The van der Waals surface area contributed by atoms with Crippen LogP contribution in [-0.4, -0.2) is 72.4 Å². The molecule has 1 aromatic rings. The Morgan fingerprint density at radius 2 is 2.07 bits per heavy atom. The Labute approximate surface area is 166 Å². The van der Waals surface area contributed by atoms with Gasteiger partial charge in [0.1, 0.15) is 6.04 Å². The molecule has 28 heavy (non-hydrogen) atoms. The molecule has 0 spiro atoms. The smallest absolute Gasteiger partial charge is 0.238 e. The van der Waals surface area contributed by atoms with E-state index < -0.39 is 6.04 Å². The molecule has 3 aliphatic rings. The molecule has 0 radical (unpaired) electrons. The number of aliphatic hydroxyl groups is 1. The van der Waals surface area contributed by atoms with Gasteiger partial charge in [0.2, 0.25) is 5.91 Å². The Morgan fingerprint density at radius 1 is 1.29 bits per heavy atom. The highest BCUT2D eigenvalue weighted by Gasteiger charge is 2.52. The minimum Gasteiger partial charge on any atom is -0.394 e. The number of nitriles is 1. The maximum absolute atomic E-state index is 12.9. The summed E-state index contributed by atoms with van der Waals surface area (Å²) in [6.07, 6.45) is 5.56. The first kappa shape index (κ1) is 19.1. The number of aliphatic hydroxyl groups excluding tert-OH is 1. The number of amides is 1. The van der Waals surface area contributed by atoms with Crippen LogP contribution >= 0.6 is 0 Å². The molecule has 148 valence electrons. The van der Waals surface area contributed by atoms with Crippen LogP contribution < -0.4 is 0 Å². The zero-order valence-corrected chi connectivity index (χ0v) is 16.1. The topological polar surface area (TPSA) is 76.8 Å². The highest BCUT2D eigenvalue weighted by Crippen LogP contribution is 2.44. The Balaban J connectivity index is 1.56. The quantitative estimate of drug-likeness (QED) is 0.841. The Bertz CT molecular complexity index is 794. The number of morpholine rings is 1. The van der Waals surface area contributed by atoms with E-state index in [0.29, 0.717) is 13.2 Å². The zero-order valence-electron chi connectivity index (χ0n) is 16.1. The van der Waals surface area contributed by atoms with Crippen LogP contribution in [0.1, 0.15) is 36.3 Å². The van der Waals surface area contributed by atoms with Crippen LogP contribution in [0.25, 0.3) is 5.57 Å². The second kappa shape index (κ2) is 8.44. The highest BCUT2D eigenvalue weighted by molar-refractivity contribution is 5.81. The highest BCUT2D eigenvalue weighted by atomic mass is 16.5. The Hall–Kier alpha value is -2.20. The van der Waals surface area contributed by atoms with Gasteiger partial charge in [-0.3, -0.25) is 9.69 Å². The van der Waals surface area contributed by atoms with Crippen molar-refractivity contribution in [1.82, 2.24) is 9.80 Å². The number of hydrogen-bond donors (Lipinski definition) is 1. The predicted molar refractivity (Wildman–Crippen MR) is 105 cm³/mol. The molecule has 1 N–H and O–H groups in total. The molecular weight excluding hydrogens is 354 g/mol. The van der Waals surface area contributed by atoms with E-state index in [4.69, 9.17) is 4.74 Å². The van der Waals surface area contributed by atoms with E-state index >= 15 is 0 Å². The molecule has 2 saturated heterocycles. The van der Waals surface area contributed by atoms with Crippen molar-refractivity contribution in [3.8, 4) is 6.07 Å². The summed E-state index contributed by atoms with van der Waals surface area (Å²) < 4.78 is 5.34. The second-order valence-electron chi connectivity index (χ2n) is 7.75. The van der Waals surface area contributed by atoms with Crippen LogP contribution in [0.15, 0.2) is 30.3 Å². The first-order valence-electron chi connectivity index (χ1n) is 10.1. The maximum atomic E-state index is 12.9. The molecule has 2 fully saturated rings. The van der Waals surface area contributed by atoms with Gasteiger partial charge in [-0.05, 0) is 36.0 Å². The molecule has 1 amide bonds. The lowest BCUT2D eigenvalue weighted by atomic mass is 9.73. The number of ether oxygens (including phenoxy) is 1. The number of carbonyl (C=O) groups excluding carboxylic acids is 1. The van der Waals surface area contributed by atoms with Gasteiger partial charge >= 0.3 is 0 Å². The van der Waals surface area contributed by atoms with Crippen LogP contribution in [-0.2, 0) is 9.53 Å². The number of nitrogens with zero attached hydrogens (tertiary/aromatic N) is 3. The largest absolute Gasteiger partial charge is 0.394 e. The van der Waals surface area contributed by atoms with Gasteiger partial charge in [-0.15, -0.1) is 0 Å². The fraction of sp³-hybridized carbons (Fsp3) is 0.545. The average molecular weight is 381 g/mol. The molecule has 1 aromatic carbocycles. The average Bonchev–Trinajstić information content (AvgIpc) is 3.24. The summed E-state index contributed by atoms with van der Waals surface area (Å²) in [6, 6.07) is 9.61. The van der Waals surface area contributed by atoms with Crippen molar-refractivity contribution >= 4 is 11.5 Å². The monoisotopic (exact) mass is 381 g/mol. The van der Waals surface area contributed by atoms with Gasteiger partial charge in [0.05, 0.1) is 38.5 Å². The molecule has 0 aromatic heterocycles. The fourth-order valence-electron chi connectivity index (χ4n) is 4.75. The molecule has 3 atom stereocenters. The van der Waals surface area contributed by atoms with Gasteiger partial charge in [0, 0.05) is 19.0 Å². The van der Waals surface area contributed by atoms with Gasteiger partial charge in [0.15, 0.2) is 0 Å². The molecule has 0 bridgehead atoms. The van der Waals surface area contributed by atoms with Crippen LogP contribution in [0.5, 0.6) is 0 Å². The molecule has 1 aliphatic carbocycles. The number of likely N-dealkylation sites (tertiary alicyclic amines) is 1. The van der Waals surface area contributed by atoms with Crippen LogP contribution in [0.4, 0.5) is 0 Å². The van der Waals surface area contributed by atoms with Crippen LogP contribution in [0.3, 0.4) is 0 Å². The summed E-state index contributed by atoms with van der Waals surface area (Å²) in [6.45, 7) is 2.84. The van der Waals surface area contributed by atoms with E-state index in [1.54, 1.807) is 4.90 Å². The van der Waals surface area contributed by atoms with Crippen molar-refractivity contribution < 1.29 is 14.6 Å². The summed E-state index contributed by atoms with van der Waals surface area (Å²) in [7, 11) is 0. The van der Waals surface area contributed by atoms with Crippen molar-refractivity contribution in [1.29, 1.82) is 5.26 Å². The van der Waals surface area contributed by atoms with Crippen molar-refractivity contribution in [2.24, 2.45) is 0 Å². The second-order valence-corrected chi connectivity index (χ2v) is 7.75. The molecule has 2 aliphatic heterocycles. The van der Waals surface area contributed by atoms with E-state index in [2.05, 4.69) is 29.2 Å². The fourth-order valence-corrected chi connectivity index (χ4v) is 4.75. The summed E-state index contributed by atoms with van der Waals surface area (Å²) in [4.78, 5) is 16.6. The molecular formula is C22H27N3O3. The van der Waals surface area contributed by atoms with Crippen LogP contribution in [0, 0.1) is 11.3 Å². The minimum atomic E-state index is -0.533. The van der Waals surface area contributed by atoms with Crippen molar-refractivity contribution in [2.45, 2.75) is 37.3 Å². The van der Waals surface area contributed by atoms with E-state index in [1.807, 2.05) is 12.1 Å². The number of carbonyl (C=O) groups is 1. The summed E-state index contributed by atoms with van der Waals surface area (Å²) in [5.74, 6) is -0.234. The molecule has 0 saturated carbocycles. The van der Waals surface area contributed by atoms with E-state index in [-0.39, 0.29) is 31.0 Å². The maximum Gasteiger partial charge on any atom is 0.238 e. The number of rotatable bonds is 5. The van der Waals surface area contributed by atoms with Crippen molar-refractivity contribution in [2.75, 3.05) is 39.5 Å². The number of hydrogen-bond acceptors (Lipinski definition) is 5. The number of allylic oxidation sites excluding steroid dienone is 2. The molecule has 4 rings (SSSR count). The normalized spacial score (nSPS) is 27.8. The van der Waals surface area contributed by atoms with Gasteiger partial charge in [-0.2, -0.15) is 5.26 Å². The lowest BCUT2D eigenvalue weighted by Crippen LogP contribution is -2.66. The van der Waals surface area contributed by atoms with E-state index in [0.717, 1.165) is 37.9 Å². The van der Waals surface area contributed by atoms with Crippen molar-refractivity contribution in [3.05, 3.63) is 41.5 Å². The standard InChI is InChI=1S/C22H27N3O3/c23-13-19-22(18-8-4-3-7-17(18)16-5-1-2-6-16)20(15-26)25(19)21(27)14-24-9-11-28-12-10-24/h3-5,7-8,19-20,22,26H,1-2,6,9-12,14-15H2/t19-,20-,22+/m1/s1. The third-order valence-corrected chi connectivity index (χ3v) is 6.19. The zero-order chi connectivity index (χ0) is 19.5. The number of benzene rings is 1. The Morgan fingerprint density at radius 3 is 2.75 bits per heavy atom. The first-order valence-corrected chi connectivity index (χ1v) is 10.1. The molecule has 6 nitrogen and oxygen atoms in total. The summed E-state index contributed by atoms with van der Waals surface area (Å²) in [5.41, 5.74) is 3.57. The third kappa shape index (κ3) is 3.46. The third-order valence-electron chi connectivity index (χ3n) is 6.19. The van der Waals surface area contributed by atoms with E-state index in [1.165, 1.54) is 11.1 Å². The molecule has 0 unspecified atom stereocenters. The SMILES string of the molecule is N#C[C@@H]1[C@H](c2ccccc2C2=CCCC2)[C@@H](CO)N1C(=O)CN1CCOCC1. The molecule has 2 heterocycles. The predicted octanol–water partition coefficient (Wildman–Crippen LogP) is 1.76. The Kier molecular flexibility index (Phi) is 5.77. The lowest BCUT2D eigenvalue weighted by molar-refractivity contribution is -0.149. The van der Waals surface area contributed by atoms with Gasteiger partial charge in [-0.1, -0.05) is 30.3 Å². The molecule has 6 heteroatoms. The van der Waals surface area contributed by atoms with Crippen molar-refractivity contribution in [3.63, 3.8) is 0 Å². The summed E-state index contributed by atoms with van der Waals surface area (Å²) >= 11 is 0. The first-order chi connectivity index (χ1) is 13.7. The van der Waals surface area contributed by atoms with Crippen LogP contribution in [0.2, 0.25) is 0 Å². The lowest BCUT2D eigenvalue weighted by Gasteiger charge is -2.52. The summed E-state index contributed by atoms with van der Waals surface area (Å²) in [5, 5.41) is 19.9. The van der Waals surface area contributed by atoms with Gasteiger partial charge in [0.25, 0.3) is 0 Å². The minimum absolute atomic E-state index is 0.0821. The van der Waals surface area contributed by atoms with E-state index in [9.17, 15) is 15.2 Å². The van der Waals surface area contributed by atoms with Gasteiger partial charge in [-0.25, -0.2) is 0 Å². The van der Waals surface area contributed by atoms with Gasteiger partial charge < -0.3 is 14.7 Å².